The molecule has 0 saturated carbocycles. The molecule has 0 saturated heterocycles. The Kier molecular flexibility index (Phi) is 50.8. The van der Waals surface area contributed by atoms with Crippen molar-refractivity contribution in [1.82, 2.24) is 0 Å². The number of allylic oxidation sites excluding steroid dienone is 4. The van der Waals surface area contributed by atoms with Crippen molar-refractivity contribution in [3.8, 4) is 0 Å². The van der Waals surface area contributed by atoms with E-state index in [-0.39, 0.29) is 31.1 Å². The summed E-state index contributed by atoms with van der Waals surface area (Å²) < 4.78 is 16.7. The molecule has 0 aliphatic rings. The second kappa shape index (κ2) is 52.5. The Bertz CT molecular complexity index is 1020. The van der Waals surface area contributed by atoms with Gasteiger partial charge in [0.05, 0.1) is 0 Å². The Labute approximate surface area is 392 Å². The van der Waals surface area contributed by atoms with E-state index in [4.69, 9.17) is 14.2 Å². The van der Waals surface area contributed by atoms with Gasteiger partial charge in [0.25, 0.3) is 0 Å². The lowest BCUT2D eigenvalue weighted by atomic mass is 10.1. The van der Waals surface area contributed by atoms with Gasteiger partial charge in [0.1, 0.15) is 13.2 Å². The lowest BCUT2D eigenvalue weighted by Crippen LogP contribution is -2.30. The van der Waals surface area contributed by atoms with Crippen LogP contribution in [0.5, 0.6) is 0 Å². The quantitative estimate of drug-likeness (QED) is 0.0262. The molecule has 1 atom stereocenters. The normalized spacial score (nSPS) is 12.1. The van der Waals surface area contributed by atoms with Gasteiger partial charge < -0.3 is 14.2 Å². The lowest BCUT2D eigenvalue weighted by molar-refractivity contribution is -0.167. The highest BCUT2D eigenvalue weighted by Crippen LogP contribution is 2.16. The van der Waals surface area contributed by atoms with Crippen molar-refractivity contribution in [2.75, 3.05) is 13.2 Å². The highest BCUT2D eigenvalue weighted by molar-refractivity contribution is 5.71. The molecule has 370 valence electrons. The molecule has 63 heavy (non-hydrogen) atoms. The fraction of sp³-hybridized carbons (Fsp3) is 0.877. The number of carbonyl (C=O) groups excluding carboxylic acids is 3. The van der Waals surface area contributed by atoms with E-state index < -0.39 is 6.10 Å². The molecule has 0 aliphatic carbocycles. The van der Waals surface area contributed by atoms with Crippen LogP contribution in [-0.4, -0.2) is 37.2 Å². The molecule has 0 spiro atoms. The molecule has 1 unspecified atom stereocenters. The number of unbranched alkanes of at least 4 members (excludes halogenated alkanes) is 36. The van der Waals surface area contributed by atoms with E-state index in [1.807, 2.05) is 0 Å². The van der Waals surface area contributed by atoms with Crippen LogP contribution in [0.15, 0.2) is 24.3 Å². The van der Waals surface area contributed by atoms with Crippen LogP contribution in [0.2, 0.25) is 0 Å². The van der Waals surface area contributed by atoms with Gasteiger partial charge in [-0.25, -0.2) is 0 Å². The molecule has 6 nitrogen and oxygen atoms in total. The second-order valence-electron chi connectivity index (χ2n) is 18.8. The molecule has 0 aromatic heterocycles. The first-order chi connectivity index (χ1) is 31.0. The van der Waals surface area contributed by atoms with Crippen molar-refractivity contribution in [2.45, 2.75) is 309 Å². The predicted molar refractivity (Wildman–Crippen MR) is 270 cm³/mol. The van der Waals surface area contributed by atoms with E-state index in [1.165, 1.54) is 205 Å². The van der Waals surface area contributed by atoms with Crippen LogP contribution in [-0.2, 0) is 28.6 Å². The Morgan fingerprint density at radius 3 is 0.794 bits per heavy atom. The van der Waals surface area contributed by atoms with Crippen molar-refractivity contribution in [1.29, 1.82) is 0 Å². The number of carbonyl (C=O) groups is 3. The van der Waals surface area contributed by atoms with Crippen molar-refractivity contribution in [3.63, 3.8) is 0 Å². The molecule has 6 heteroatoms. The van der Waals surface area contributed by atoms with Gasteiger partial charge in [-0.15, -0.1) is 0 Å². The number of ether oxygens (including phenoxy) is 3. The Balaban J connectivity index is 4.14. The largest absolute Gasteiger partial charge is 0.462 e. The molecule has 0 fully saturated rings. The maximum Gasteiger partial charge on any atom is 0.306 e. The van der Waals surface area contributed by atoms with Gasteiger partial charge in [-0.1, -0.05) is 238 Å². The van der Waals surface area contributed by atoms with Crippen LogP contribution in [0.25, 0.3) is 0 Å². The highest BCUT2D eigenvalue weighted by Gasteiger charge is 2.19. The maximum absolute atomic E-state index is 12.8. The van der Waals surface area contributed by atoms with Crippen molar-refractivity contribution in [2.24, 2.45) is 0 Å². The monoisotopic (exact) mass is 887 g/mol. The van der Waals surface area contributed by atoms with Crippen LogP contribution in [0, 0.1) is 0 Å². The van der Waals surface area contributed by atoms with Crippen LogP contribution in [0.4, 0.5) is 0 Å². The summed E-state index contributed by atoms with van der Waals surface area (Å²) in [7, 11) is 0. The first-order valence-corrected chi connectivity index (χ1v) is 27.8. The fourth-order valence-electron chi connectivity index (χ4n) is 8.20. The molecule has 0 aromatic rings. The van der Waals surface area contributed by atoms with E-state index in [1.54, 1.807) is 0 Å². The molecule has 0 aromatic carbocycles. The minimum Gasteiger partial charge on any atom is -0.462 e. The number of esters is 3. The van der Waals surface area contributed by atoms with Crippen molar-refractivity contribution < 1.29 is 28.6 Å². The van der Waals surface area contributed by atoms with E-state index in [0.717, 1.165) is 57.8 Å². The molecular weight excluding hydrogens is 781 g/mol. The van der Waals surface area contributed by atoms with Crippen LogP contribution < -0.4 is 0 Å². The first kappa shape index (κ1) is 60.9. The molecule has 0 N–H and O–H groups in total. The Morgan fingerprint density at radius 2 is 0.524 bits per heavy atom. The summed E-state index contributed by atoms with van der Waals surface area (Å²) in [6.07, 6.45) is 60.5. The Morgan fingerprint density at radius 1 is 0.302 bits per heavy atom. The molecular formula is C57H106O6. The summed E-state index contributed by atoms with van der Waals surface area (Å²) in [4.78, 5) is 37.8. The third-order valence-corrected chi connectivity index (χ3v) is 12.4. The average Bonchev–Trinajstić information content (AvgIpc) is 3.28. The van der Waals surface area contributed by atoms with Gasteiger partial charge in [-0.3, -0.25) is 14.4 Å². The third-order valence-electron chi connectivity index (χ3n) is 12.4. The van der Waals surface area contributed by atoms with E-state index >= 15 is 0 Å². The minimum absolute atomic E-state index is 0.0712. The summed E-state index contributed by atoms with van der Waals surface area (Å²) in [5.74, 6) is -0.873. The molecule has 0 bridgehead atoms. The maximum atomic E-state index is 12.8. The zero-order chi connectivity index (χ0) is 45.8. The zero-order valence-corrected chi connectivity index (χ0v) is 42.4. The van der Waals surface area contributed by atoms with E-state index in [9.17, 15) is 14.4 Å². The lowest BCUT2D eigenvalue weighted by Gasteiger charge is -2.18. The molecule has 0 aliphatic heterocycles. The molecule has 0 radical (unpaired) electrons. The second-order valence-corrected chi connectivity index (χ2v) is 18.8. The van der Waals surface area contributed by atoms with Gasteiger partial charge in [-0.05, 0) is 70.6 Å². The Hall–Kier alpha value is -2.11. The standard InChI is InChI=1S/C57H106O6/c1-4-7-10-13-16-18-20-22-24-26-28-29-30-32-33-35-37-39-41-44-47-50-56(59)62-53-54(52-61-55(58)49-46-43-15-12-9-6-3)63-57(60)51-48-45-42-40-38-36-34-31-27-25-23-21-19-17-14-11-8-5-2/h25-28,54H,4-24,29-53H2,1-3H3/b27-25-,28-26-. The number of rotatable bonds is 51. The first-order valence-electron chi connectivity index (χ1n) is 27.8. The van der Waals surface area contributed by atoms with Crippen LogP contribution in [0.1, 0.15) is 303 Å². The fourth-order valence-corrected chi connectivity index (χ4v) is 8.20. The number of hydrogen-bond donors (Lipinski definition) is 0. The van der Waals surface area contributed by atoms with E-state index in [0.29, 0.717) is 19.3 Å². The molecule has 0 rings (SSSR count). The molecule has 0 heterocycles. The molecule has 0 amide bonds. The summed E-state index contributed by atoms with van der Waals surface area (Å²) in [5.41, 5.74) is 0. The van der Waals surface area contributed by atoms with Crippen LogP contribution >= 0.6 is 0 Å². The van der Waals surface area contributed by atoms with E-state index in [2.05, 4.69) is 45.1 Å². The topological polar surface area (TPSA) is 78.9 Å². The number of hydrogen-bond acceptors (Lipinski definition) is 6. The summed E-state index contributed by atoms with van der Waals surface area (Å²) in [5, 5.41) is 0. The van der Waals surface area contributed by atoms with Crippen molar-refractivity contribution >= 4 is 17.9 Å². The highest BCUT2D eigenvalue weighted by atomic mass is 16.6. The summed E-state index contributed by atoms with van der Waals surface area (Å²) in [6.45, 7) is 6.61. The summed E-state index contributed by atoms with van der Waals surface area (Å²) in [6, 6.07) is 0. The van der Waals surface area contributed by atoms with Gasteiger partial charge in [0.2, 0.25) is 0 Å². The van der Waals surface area contributed by atoms with Gasteiger partial charge in [-0.2, -0.15) is 0 Å². The van der Waals surface area contributed by atoms with Gasteiger partial charge in [0.15, 0.2) is 6.10 Å². The third kappa shape index (κ3) is 50.7. The van der Waals surface area contributed by atoms with Crippen LogP contribution in [0.3, 0.4) is 0 Å². The van der Waals surface area contributed by atoms with Gasteiger partial charge >= 0.3 is 17.9 Å². The minimum atomic E-state index is -0.768. The SMILES string of the molecule is CCCCCCCCC/C=C\CCCCCCCCCC(=O)OC(COC(=O)CCCCCCCC)COC(=O)CCCCCCCCCCC/C=C\CCCCCCCCCC. The predicted octanol–water partition coefficient (Wildman–Crippen LogP) is 18.3. The summed E-state index contributed by atoms with van der Waals surface area (Å²) >= 11 is 0. The van der Waals surface area contributed by atoms with Crippen molar-refractivity contribution in [3.05, 3.63) is 24.3 Å². The van der Waals surface area contributed by atoms with Gasteiger partial charge in [0, 0.05) is 19.3 Å². The average molecular weight is 887 g/mol. The zero-order valence-electron chi connectivity index (χ0n) is 42.4. The smallest absolute Gasteiger partial charge is 0.306 e.